The Labute approximate surface area is 101 Å². The first kappa shape index (κ1) is 13.5. The van der Waals surface area contributed by atoms with Crippen LogP contribution < -0.4 is 11.1 Å². The molecule has 5 nitrogen and oxygen atoms in total. The van der Waals surface area contributed by atoms with Gasteiger partial charge in [0.2, 0.25) is 0 Å². The molecule has 1 aromatic carbocycles. The molecule has 0 spiro atoms. The topological polar surface area (TPSA) is 89.3 Å². The van der Waals surface area contributed by atoms with Gasteiger partial charge in [0.15, 0.2) is 9.84 Å². The van der Waals surface area contributed by atoms with E-state index in [0.717, 1.165) is 0 Å². The zero-order valence-corrected chi connectivity index (χ0v) is 10.5. The molecule has 0 aliphatic rings. The number of hydrogen-bond donors (Lipinski definition) is 2. The Balaban J connectivity index is 2.48. The van der Waals surface area contributed by atoms with Crippen molar-refractivity contribution in [3.05, 3.63) is 29.8 Å². The van der Waals surface area contributed by atoms with Crippen LogP contribution in [0.4, 0.5) is 5.69 Å². The van der Waals surface area contributed by atoms with Crippen LogP contribution in [0, 0.1) is 0 Å². The van der Waals surface area contributed by atoms with Crippen LogP contribution in [0.5, 0.6) is 0 Å². The maximum absolute atomic E-state index is 11.6. The van der Waals surface area contributed by atoms with Crippen LogP contribution in [-0.4, -0.2) is 32.4 Å². The first-order valence-corrected chi connectivity index (χ1v) is 7.11. The van der Waals surface area contributed by atoms with Crippen molar-refractivity contribution in [3.8, 4) is 0 Å². The Hall–Kier alpha value is -1.56. The molecule has 17 heavy (non-hydrogen) atoms. The molecule has 0 heterocycles. The molecule has 0 aromatic heterocycles. The summed E-state index contributed by atoms with van der Waals surface area (Å²) in [7, 11) is -3.04. The van der Waals surface area contributed by atoms with E-state index < -0.39 is 9.84 Å². The van der Waals surface area contributed by atoms with Gasteiger partial charge in [0.05, 0.1) is 5.75 Å². The van der Waals surface area contributed by atoms with Crippen molar-refractivity contribution in [2.75, 3.05) is 23.8 Å². The zero-order valence-electron chi connectivity index (χ0n) is 9.64. The smallest absolute Gasteiger partial charge is 0.251 e. The van der Waals surface area contributed by atoms with Gasteiger partial charge in [-0.1, -0.05) is 6.92 Å². The van der Waals surface area contributed by atoms with E-state index in [1.807, 2.05) is 0 Å². The van der Waals surface area contributed by atoms with Crippen LogP contribution in [0.3, 0.4) is 0 Å². The van der Waals surface area contributed by atoms with Gasteiger partial charge in [0.25, 0.3) is 5.91 Å². The van der Waals surface area contributed by atoms with Crippen molar-refractivity contribution in [1.82, 2.24) is 5.32 Å². The van der Waals surface area contributed by atoms with Crippen LogP contribution in [0.15, 0.2) is 24.3 Å². The quantitative estimate of drug-likeness (QED) is 0.748. The lowest BCUT2D eigenvalue weighted by molar-refractivity contribution is 0.0956. The van der Waals surface area contributed by atoms with Crippen molar-refractivity contribution >= 4 is 21.4 Å². The third kappa shape index (κ3) is 4.44. The number of benzene rings is 1. The highest BCUT2D eigenvalue weighted by atomic mass is 32.2. The van der Waals surface area contributed by atoms with Gasteiger partial charge in [-0.25, -0.2) is 8.42 Å². The van der Waals surface area contributed by atoms with Gasteiger partial charge in [-0.3, -0.25) is 4.79 Å². The molecular formula is C11H16N2O3S. The van der Waals surface area contributed by atoms with Gasteiger partial charge in [-0.05, 0) is 24.3 Å². The molecule has 0 radical (unpaired) electrons. The molecule has 0 aliphatic carbocycles. The second kappa shape index (κ2) is 5.67. The molecule has 0 unspecified atom stereocenters. The molecule has 1 rings (SSSR count). The number of nitrogens with one attached hydrogen (secondary N) is 1. The summed E-state index contributed by atoms with van der Waals surface area (Å²) in [5.74, 6) is -0.245. The highest BCUT2D eigenvalue weighted by molar-refractivity contribution is 7.91. The highest BCUT2D eigenvalue weighted by Gasteiger charge is 2.09. The first-order valence-electron chi connectivity index (χ1n) is 5.29. The molecule has 0 aliphatic heterocycles. The molecule has 0 saturated carbocycles. The maximum atomic E-state index is 11.6. The summed E-state index contributed by atoms with van der Waals surface area (Å²) >= 11 is 0. The number of rotatable bonds is 5. The van der Waals surface area contributed by atoms with E-state index in [9.17, 15) is 13.2 Å². The summed E-state index contributed by atoms with van der Waals surface area (Å²) in [4.78, 5) is 11.6. The summed E-state index contributed by atoms with van der Waals surface area (Å²) in [5, 5.41) is 2.55. The lowest BCUT2D eigenvalue weighted by Crippen LogP contribution is -2.29. The fraction of sp³-hybridized carbons (Fsp3) is 0.364. The van der Waals surface area contributed by atoms with E-state index in [-0.39, 0.29) is 24.0 Å². The molecule has 0 atom stereocenters. The van der Waals surface area contributed by atoms with Gasteiger partial charge >= 0.3 is 0 Å². The average Bonchev–Trinajstić information content (AvgIpc) is 2.29. The van der Waals surface area contributed by atoms with Crippen molar-refractivity contribution in [2.45, 2.75) is 6.92 Å². The van der Waals surface area contributed by atoms with Crippen LogP contribution in [-0.2, 0) is 9.84 Å². The van der Waals surface area contributed by atoms with Gasteiger partial charge < -0.3 is 11.1 Å². The number of sulfone groups is 1. The van der Waals surface area contributed by atoms with Crippen LogP contribution in [0.1, 0.15) is 17.3 Å². The lowest BCUT2D eigenvalue weighted by atomic mass is 10.2. The van der Waals surface area contributed by atoms with E-state index in [0.29, 0.717) is 11.3 Å². The number of anilines is 1. The molecular weight excluding hydrogens is 240 g/mol. The molecule has 6 heteroatoms. The summed E-state index contributed by atoms with van der Waals surface area (Å²) in [5.41, 5.74) is 6.54. The molecule has 0 saturated heterocycles. The zero-order chi connectivity index (χ0) is 12.9. The predicted octanol–water partition coefficient (Wildman–Crippen LogP) is 0.433. The van der Waals surface area contributed by atoms with Crippen molar-refractivity contribution < 1.29 is 13.2 Å². The van der Waals surface area contributed by atoms with Crippen molar-refractivity contribution in [1.29, 1.82) is 0 Å². The number of hydrogen-bond acceptors (Lipinski definition) is 4. The van der Waals surface area contributed by atoms with Crippen LogP contribution in [0.2, 0.25) is 0 Å². The van der Waals surface area contributed by atoms with Crippen molar-refractivity contribution in [3.63, 3.8) is 0 Å². The molecule has 0 fully saturated rings. The summed E-state index contributed by atoms with van der Waals surface area (Å²) in [6, 6.07) is 6.44. The fourth-order valence-electron chi connectivity index (χ4n) is 1.20. The number of nitrogen functional groups attached to an aromatic ring is 1. The minimum Gasteiger partial charge on any atom is -0.399 e. The standard InChI is InChI=1S/C11H16N2O3S/c1-2-17(15,16)8-7-13-11(14)9-3-5-10(12)6-4-9/h3-6H,2,7-8,12H2,1H3,(H,13,14). The van der Waals surface area contributed by atoms with Gasteiger partial charge in [-0.2, -0.15) is 0 Å². The monoisotopic (exact) mass is 256 g/mol. The average molecular weight is 256 g/mol. The lowest BCUT2D eigenvalue weighted by Gasteiger charge is -2.05. The Kier molecular flexibility index (Phi) is 4.51. The van der Waals surface area contributed by atoms with Crippen LogP contribution >= 0.6 is 0 Å². The van der Waals surface area contributed by atoms with E-state index in [2.05, 4.69) is 5.32 Å². The summed E-state index contributed by atoms with van der Waals surface area (Å²) in [6.45, 7) is 1.70. The number of carbonyl (C=O) groups is 1. The van der Waals surface area contributed by atoms with Gasteiger partial charge in [0.1, 0.15) is 0 Å². The Bertz CT molecular complexity index is 480. The van der Waals surface area contributed by atoms with E-state index in [1.54, 1.807) is 31.2 Å². The molecule has 0 bridgehead atoms. The van der Waals surface area contributed by atoms with E-state index in [1.165, 1.54) is 0 Å². The number of carbonyl (C=O) groups excluding carboxylic acids is 1. The summed E-state index contributed by atoms with van der Waals surface area (Å²) in [6.07, 6.45) is 0. The third-order valence-corrected chi connectivity index (χ3v) is 4.02. The maximum Gasteiger partial charge on any atom is 0.251 e. The van der Waals surface area contributed by atoms with Gasteiger partial charge in [0, 0.05) is 23.5 Å². The first-order chi connectivity index (χ1) is 7.94. The van der Waals surface area contributed by atoms with Gasteiger partial charge in [-0.15, -0.1) is 0 Å². The highest BCUT2D eigenvalue weighted by Crippen LogP contribution is 2.04. The Morgan fingerprint density at radius 2 is 1.88 bits per heavy atom. The number of nitrogens with two attached hydrogens (primary N) is 1. The molecule has 1 aromatic rings. The largest absolute Gasteiger partial charge is 0.399 e. The number of amides is 1. The second-order valence-corrected chi connectivity index (χ2v) is 6.09. The predicted molar refractivity (Wildman–Crippen MR) is 67.5 cm³/mol. The van der Waals surface area contributed by atoms with Crippen molar-refractivity contribution in [2.24, 2.45) is 0 Å². The third-order valence-electron chi connectivity index (χ3n) is 2.31. The SMILES string of the molecule is CCS(=O)(=O)CCNC(=O)c1ccc(N)cc1. The fourth-order valence-corrected chi connectivity index (χ4v) is 1.90. The second-order valence-electron chi connectivity index (χ2n) is 3.61. The molecule has 3 N–H and O–H groups in total. The molecule has 1 amide bonds. The van der Waals surface area contributed by atoms with E-state index >= 15 is 0 Å². The molecule has 94 valence electrons. The van der Waals surface area contributed by atoms with E-state index in [4.69, 9.17) is 5.73 Å². The Morgan fingerprint density at radius 1 is 1.29 bits per heavy atom. The minimum absolute atomic E-state index is 0.0375. The minimum atomic E-state index is -3.04. The normalized spacial score (nSPS) is 11.1. The Morgan fingerprint density at radius 3 is 2.41 bits per heavy atom. The van der Waals surface area contributed by atoms with Crippen LogP contribution in [0.25, 0.3) is 0 Å². The summed E-state index contributed by atoms with van der Waals surface area (Å²) < 4.78 is 22.4.